The molecule has 0 radical (unpaired) electrons. The summed E-state index contributed by atoms with van der Waals surface area (Å²) in [6.07, 6.45) is 7.37. The average Bonchev–Trinajstić information content (AvgIpc) is 3.16. The topological polar surface area (TPSA) is 81.9 Å². The fourth-order valence-corrected chi connectivity index (χ4v) is 3.04. The minimum Gasteiger partial charge on any atom is -0.497 e. The number of allylic oxidation sites excluding steroid dienone is 2. The molecule has 3 aromatic rings. The van der Waals surface area contributed by atoms with E-state index in [0.29, 0.717) is 35.1 Å². The van der Waals surface area contributed by atoms with Gasteiger partial charge in [0.05, 0.1) is 7.11 Å². The molecule has 0 saturated carbocycles. The van der Waals surface area contributed by atoms with Crippen molar-refractivity contribution in [3.05, 3.63) is 66.0 Å². The predicted octanol–water partition coefficient (Wildman–Crippen LogP) is 3.10. The van der Waals surface area contributed by atoms with Gasteiger partial charge < -0.3 is 14.6 Å². The Hall–Kier alpha value is -3.48. The van der Waals surface area contributed by atoms with Crippen molar-refractivity contribution in [3.8, 4) is 17.3 Å². The molecule has 1 N–H and O–H groups in total. The van der Waals surface area contributed by atoms with Gasteiger partial charge >= 0.3 is 0 Å². The van der Waals surface area contributed by atoms with Crippen LogP contribution in [0.5, 0.6) is 5.75 Å². The third-order valence-electron chi connectivity index (χ3n) is 4.44. The van der Waals surface area contributed by atoms with Crippen molar-refractivity contribution in [2.45, 2.75) is 19.4 Å². The summed E-state index contributed by atoms with van der Waals surface area (Å²) in [6.45, 7) is 0.757. The monoisotopic (exact) mass is 361 g/mol. The molecule has 0 saturated heterocycles. The van der Waals surface area contributed by atoms with E-state index in [2.05, 4.69) is 32.7 Å². The number of aromatic nitrogens is 4. The van der Waals surface area contributed by atoms with Crippen molar-refractivity contribution in [1.82, 2.24) is 19.7 Å². The molecule has 136 valence electrons. The van der Waals surface area contributed by atoms with Gasteiger partial charge in [0.25, 0.3) is 5.91 Å². The molecule has 27 heavy (non-hydrogen) atoms. The molecule has 3 heterocycles. The van der Waals surface area contributed by atoms with E-state index in [9.17, 15) is 4.79 Å². The van der Waals surface area contributed by atoms with Crippen LogP contribution in [-0.4, -0.2) is 32.8 Å². The van der Waals surface area contributed by atoms with Crippen LogP contribution in [0.2, 0.25) is 0 Å². The minimum atomic E-state index is -0.222. The number of benzene rings is 1. The smallest absolute Gasteiger partial charge is 0.257 e. The molecular formula is C20H19N5O2. The molecule has 1 amide bonds. The molecule has 4 rings (SSSR count). The summed E-state index contributed by atoms with van der Waals surface area (Å²) in [6, 6.07) is 11.0. The molecule has 0 aliphatic carbocycles. The third-order valence-corrected chi connectivity index (χ3v) is 4.44. The lowest BCUT2D eigenvalue weighted by Crippen LogP contribution is -2.15. The van der Waals surface area contributed by atoms with Crippen LogP contribution < -0.4 is 10.1 Å². The summed E-state index contributed by atoms with van der Waals surface area (Å²) >= 11 is 0. The molecule has 1 aromatic carbocycles. The van der Waals surface area contributed by atoms with Gasteiger partial charge in [-0.15, -0.1) is 10.2 Å². The van der Waals surface area contributed by atoms with Crippen LogP contribution in [-0.2, 0) is 13.0 Å². The number of nitrogens with one attached hydrogen (secondary N) is 1. The van der Waals surface area contributed by atoms with Crippen LogP contribution in [0.4, 0.5) is 5.82 Å². The van der Waals surface area contributed by atoms with Gasteiger partial charge in [-0.25, -0.2) is 4.98 Å². The highest BCUT2D eigenvalue weighted by Crippen LogP contribution is 2.22. The van der Waals surface area contributed by atoms with Crippen LogP contribution in [0.25, 0.3) is 11.5 Å². The maximum Gasteiger partial charge on any atom is 0.257 e. The molecular weight excluding hydrogens is 342 g/mol. The molecule has 2 aromatic heterocycles. The largest absolute Gasteiger partial charge is 0.497 e. The number of nitrogens with zero attached hydrogens (tertiary/aromatic N) is 4. The Morgan fingerprint density at radius 1 is 1.19 bits per heavy atom. The number of carbonyl (C=O) groups excluding carboxylic acids is 1. The van der Waals surface area contributed by atoms with Crippen LogP contribution >= 0.6 is 0 Å². The fraction of sp³-hybridized carbons (Fsp3) is 0.200. The number of pyridine rings is 1. The lowest BCUT2D eigenvalue weighted by molar-refractivity contribution is 0.102. The molecule has 1 aliphatic heterocycles. The number of carbonyl (C=O) groups is 1. The number of anilines is 1. The van der Waals surface area contributed by atoms with Crippen molar-refractivity contribution in [3.63, 3.8) is 0 Å². The second-order valence-corrected chi connectivity index (χ2v) is 6.20. The van der Waals surface area contributed by atoms with Gasteiger partial charge in [0.2, 0.25) is 0 Å². The lowest BCUT2D eigenvalue weighted by atomic mass is 10.0. The van der Waals surface area contributed by atoms with Crippen LogP contribution in [0.1, 0.15) is 22.3 Å². The van der Waals surface area contributed by atoms with E-state index >= 15 is 0 Å². The Balaban J connectivity index is 1.77. The zero-order valence-corrected chi connectivity index (χ0v) is 14.9. The normalized spacial score (nSPS) is 15.1. The molecule has 0 fully saturated rings. The molecule has 0 atom stereocenters. The zero-order valence-electron chi connectivity index (χ0n) is 14.9. The van der Waals surface area contributed by atoms with Gasteiger partial charge in [-0.1, -0.05) is 24.3 Å². The van der Waals surface area contributed by atoms with E-state index in [1.165, 1.54) is 0 Å². The van der Waals surface area contributed by atoms with E-state index in [-0.39, 0.29) is 5.91 Å². The molecule has 2 bridgehead atoms. The highest BCUT2D eigenvalue weighted by molar-refractivity contribution is 6.05. The molecule has 0 unspecified atom stereocenters. The first-order chi connectivity index (χ1) is 13.2. The second-order valence-electron chi connectivity index (χ2n) is 6.20. The van der Waals surface area contributed by atoms with E-state index in [4.69, 9.17) is 4.74 Å². The van der Waals surface area contributed by atoms with Gasteiger partial charge in [0.15, 0.2) is 5.82 Å². The molecule has 0 spiro atoms. The van der Waals surface area contributed by atoms with Gasteiger partial charge in [-0.2, -0.15) is 0 Å². The van der Waals surface area contributed by atoms with Gasteiger partial charge in [0, 0.05) is 12.1 Å². The second kappa shape index (κ2) is 7.41. The first-order valence-electron chi connectivity index (χ1n) is 8.73. The summed E-state index contributed by atoms with van der Waals surface area (Å²) in [4.78, 5) is 17.4. The summed E-state index contributed by atoms with van der Waals surface area (Å²) in [5, 5.41) is 11.1. The highest BCUT2D eigenvalue weighted by atomic mass is 16.5. The first kappa shape index (κ1) is 17.0. The van der Waals surface area contributed by atoms with Gasteiger partial charge in [-0.3, -0.25) is 4.79 Å². The fourth-order valence-electron chi connectivity index (χ4n) is 3.04. The lowest BCUT2D eigenvalue weighted by Gasteiger charge is -2.12. The number of rotatable bonds is 1. The summed E-state index contributed by atoms with van der Waals surface area (Å²) in [5.74, 6) is 1.57. The average molecular weight is 361 g/mol. The Bertz CT molecular complexity index is 1010. The van der Waals surface area contributed by atoms with Crippen molar-refractivity contribution < 1.29 is 9.53 Å². The number of aryl methyl sites for hydroxylation is 1. The number of hydrogen-bond acceptors (Lipinski definition) is 5. The van der Waals surface area contributed by atoms with Crippen molar-refractivity contribution in [2.75, 3.05) is 12.4 Å². The number of amides is 1. The molecule has 1 aliphatic rings. The minimum absolute atomic E-state index is 0.222. The standard InChI is InChI=1S/C20H19N5O2/c1-27-15-10-9-14-6-3-2-4-11-25-13-21-24-19(25)17-7-5-8-18(22-17)23-20(26)16(14)12-15/h2-3,5,7-10,12-13H,4,6,11H2,1H3,(H,22,23,26)/b3-2+. The summed E-state index contributed by atoms with van der Waals surface area (Å²) < 4.78 is 7.24. The van der Waals surface area contributed by atoms with E-state index in [1.807, 2.05) is 28.8 Å². The van der Waals surface area contributed by atoms with Gasteiger partial charge in [0.1, 0.15) is 23.6 Å². The van der Waals surface area contributed by atoms with Crippen LogP contribution in [0, 0.1) is 0 Å². The SMILES string of the molecule is COc1ccc2c(c1)C(=O)Nc1cccc(n1)-c1nncn1CC/C=C/C2. The Kier molecular flexibility index (Phi) is 4.65. The van der Waals surface area contributed by atoms with Crippen LogP contribution in [0.15, 0.2) is 54.9 Å². The Morgan fingerprint density at radius 2 is 2.11 bits per heavy atom. The molecule has 7 heteroatoms. The highest BCUT2D eigenvalue weighted by Gasteiger charge is 2.15. The predicted molar refractivity (Wildman–Crippen MR) is 102 cm³/mol. The number of fused-ring (bicyclic) bond motifs is 5. The van der Waals surface area contributed by atoms with Crippen molar-refractivity contribution in [1.29, 1.82) is 0 Å². The zero-order chi connectivity index (χ0) is 18.6. The Morgan fingerprint density at radius 3 is 3.00 bits per heavy atom. The van der Waals surface area contributed by atoms with E-state index in [1.54, 1.807) is 25.6 Å². The number of ether oxygens (including phenoxy) is 1. The van der Waals surface area contributed by atoms with E-state index < -0.39 is 0 Å². The number of hydrogen-bond donors (Lipinski definition) is 1. The van der Waals surface area contributed by atoms with Crippen LogP contribution in [0.3, 0.4) is 0 Å². The Labute approximate surface area is 156 Å². The third kappa shape index (κ3) is 3.57. The first-order valence-corrected chi connectivity index (χ1v) is 8.73. The maximum atomic E-state index is 12.9. The van der Waals surface area contributed by atoms with Crippen molar-refractivity contribution >= 4 is 11.7 Å². The summed E-state index contributed by atoms with van der Waals surface area (Å²) in [5.41, 5.74) is 2.17. The molecule has 7 nitrogen and oxygen atoms in total. The van der Waals surface area contributed by atoms with E-state index in [0.717, 1.165) is 18.5 Å². The summed E-state index contributed by atoms with van der Waals surface area (Å²) in [7, 11) is 1.59. The van der Waals surface area contributed by atoms with Gasteiger partial charge in [-0.05, 0) is 42.7 Å². The number of methoxy groups -OCH3 is 1. The quantitative estimate of drug-likeness (QED) is 0.674. The maximum absolute atomic E-state index is 12.9. The van der Waals surface area contributed by atoms with Crippen molar-refractivity contribution in [2.24, 2.45) is 0 Å².